The summed E-state index contributed by atoms with van der Waals surface area (Å²) in [4.78, 5) is 0. The maximum Gasteiger partial charge on any atom is 0.156 e. The molecule has 0 saturated carbocycles. The molecule has 3 heteroatoms. The van der Waals surface area contributed by atoms with Crippen LogP contribution in [-0.4, -0.2) is 14.0 Å². The molecule has 0 aromatic rings. The van der Waals surface area contributed by atoms with Gasteiger partial charge in [0, 0.05) is 0 Å². The highest BCUT2D eigenvalue weighted by molar-refractivity contribution is 7.79. The fraction of sp³-hybridized carbons (Fsp3) is 1.00. The molecule has 0 aliphatic heterocycles. The van der Waals surface area contributed by atoms with Crippen molar-refractivity contribution in [3.8, 4) is 0 Å². The maximum absolute atomic E-state index is 10.8. The van der Waals surface area contributed by atoms with E-state index in [1.54, 1.807) is 0 Å². The topological polar surface area (TPSA) is 37.3 Å². The standard InChI is InChI=1S/C8H18O2S/c1-4-6-7(3)8(5-2)11(9)10/h7-8H,4-6H2,1-3H3,(H,9,10). The third-order valence-corrected chi connectivity index (χ3v) is 3.36. The molecule has 0 spiro atoms. The molecule has 3 atom stereocenters. The van der Waals surface area contributed by atoms with Crippen molar-refractivity contribution in [2.24, 2.45) is 5.92 Å². The van der Waals surface area contributed by atoms with Crippen LogP contribution in [0.2, 0.25) is 0 Å². The first-order valence-corrected chi connectivity index (χ1v) is 5.40. The second-order valence-corrected chi connectivity index (χ2v) is 4.15. The molecule has 0 fully saturated rings. The van der Waals surface area contributed by atoms with E-state index in [0.717, 1.165) is 19.3 Å². The summed E-state index contributed by atoms with van der Waals surface area (Å²) in [6, 6.07) is 0. The van der Waals surface area contributed by atoms with Gasteiger partial charge in [-0.1, -0.05) is 27.2 Å². The van der Waals surface area contributed by atoms with E-state index in [1.165, 1.54) is 0 Å². The van der Waals surface area contributed by atoms with E-state index in [4.69, 9.17) is 4.55 Å². The summed E-state index contributed by atoms with van der Waals surface area (Å²) < 4.78 is 19.6. The summed E-state index contributed by atoms with van der Waals surface area (Å²) in [5, 5.41) is -0.0325. The van der Waals surface area contributed by atoms with Crippen LogP contribution in [-0.2, 0) is 11.1 Å². The Hall–Kier alpha value is 0.110. The van der Waals surface area contributed by atoms with Gasteiger partial charge in [0.1, 0.15) is 0 Å². The molecule has 68 valence electrons. The lowest BCUT2D eigenvalue weighted by molar-refractivity contribution is 0.452. The Morgan fingerprint density at radius 2 is 2.00 bits per heavy atom. The van der Waals surface area contributed by atoms with E-state index in [2.05, 4.69) is 6.92 Å². The first-order valence-electron chi connectivity index (χ1n) is 4.23. The van der Waals surface area contributed by atoms with Crippen LogP contribution in [0, 0.1) is 5.92 Å². The summed E-state index contributed by atoms with van der Waals surface area (Å²) >= 11 is -1.63. The van der Waals surface area contributed by atoms with Crippen molar-refractivity contribution in [2.75, 3.05) is 0 Å². The van der Waals surface area contributed by atoms with Crippen LogP contribution in [0.4, 0.5) is 0 Å². The Balaban J connectivity index is 3.91. The Morgan fingerprint density at radius 3 is 2.27 bits per heavy atom. The van der Waals surface area contributed by atoms with E-state index in [1.807, 2.05) is 13.8 Å². The summed E-state index contributed by atoms with van der Waals surface area (Å²) in [5.41, 5.74) is 0. The van der Waals surface area contributed by atoms with Crippen LogP contribution >= 0.6 is 0 Å². The molecule has 0 heterocycles. The van der Waals surface area contributed by atoms with Gasteiger partial charge in [-0.05, 0) is 18.8 Å². The van der Waals surface area contributed by atoms with Crippen LogP contribution < -0.4 is 0 Å². The molecule has 1 N–H and O–H groups in total. The van der Waals surface area contributed by atoms with Crippen molar-refractivity contribution in [1.82, 2.24) is 0 Å². The summed E-state index contributed by atoms with van der Waals surface area (Å²) in [7, 11) is 0. The number of hydrogen-bond donors (Lipinski definition) is 1. The van der Waals surface area contributed by atoms with Gasteiger partial charge in [0.25, 0.3) is 0 Å². The second kappa shape index (κ2) is 5.72. The van der Waals surface area contributed by atoms with Crippen molar-refractivity contribution < 1.29 is 8.76 Å². The van der Waals surface area contributed by atoms with Crippen LogP contribution in [0.1, 0.15) is 40.0 Å². The number of rotatable bonds is 5. The van der Waals surface area contributed by atoms with Crippen molar-refractivity contribution in [1.29, 1.82) is 0 Å². The van der Waals surface area contributed by atoms with E-state index < -0.39 is 11.1 Å². The fourth-order valence-corrected chi connectivity index (χ4v) is 2.20. The van der Waals surface area contributed by atoms with Crippen molar-refractivity contribution >= 4 is 11.1 Å². The van der Waals surface area contributed by atoms with E-state index >= 15 is 0 Å². The van der Waals surface area contributed by atoms with Crippen LogP contribution in [0.15, 0.2) is 0 Å². The first-order chi connectivity index (χ1) is 5.13. The van der Waals surface area contributed by atoms with Crippen molar-refractivity contribution in [3.05, 3.63) is 0 Å². The molecule has 0 radical (unpaired) electrons. The minimum absolute atomic E-state index is 0.0325. The smallest absolute Gasteiger partial charge is 0.156 e. The lowest BCUT2D eigenvalue weighted by Crippen LogP contribution is -2.22. The van der Waals surface area contributed by atoms with Gasteiger partial charge in [0.05, 0.1) is 5.25 Å². The van der Waals surface area contributed by atoms with Gasteiger partial charge in [0.2, 0.25) is 0 Å². The highest BCUT2D eigenvalue weighted by atomic mass is 32.2. The maximum atomic E-state index is 10.8. The molecule has 2 nitrogen and oxygen atoms in total. The van der Waals surface area contributed by atoms with Gasteiger partial charge in [-0.25, -0.2) is 4.21 Å². The van der Waals surface area contributed by atoms with Crippen molar-refractivity contribution in [3.63, 3.8) is 0 Å². The fourth-order valence-electron chi connectivity index (χ4n) is 1.38. The summed E-state index contributed by atoms with van der Waals surface area (Å²) in [6.45, 7) is 6.11. The van der Waals surface area contributed by atoms with Crippen LogP contribution in [0.25, 0.3) is 0 Å². The molecule has 0 aliphatic carbocycles. The predicted octanol–water partition coefficient (Wildman–Crippen LogP) is 2.42. The monoisotopic (exact) mass is 178 g/mol. The average Bonchev–Trinajstić information content (AvgIpc) is 1.88. The Labute approximate surface area is 71.7 Å². The van der Waals surface area contributed by atoms with E-state index in [9.17, 15) is 4.21 Å². The van der Waals surface area contributed by atoms with Gasteiger partial charge < -0.3 is 4.55 Å². The molecule has 0 aromatic carbocycles. The minimum atomic E-state index is -1.63. The molecule has 0 amide bonds. The summed E-state index contributed by atoms with van der Waals surface area (Å²) in [5.74, 6) is 0.371. The van der Waals surface area contributed by atoms with Gasteiger partial charge >= 0.3 is 0 Å². The highest BCUT2D eigenvalue weighted by Crippen LogP contribution is 2.17. The normalized spacial score (nSPS) is 19.3. The largest absolute Gasteiger partial charge is 0.306 e. The molecule has 11 heavy (non-hydrogen) atoms. The van der Waals surface area contributed by atoms with Crippen LogP contribution in [0.5, 0.6) is 0 Å². The average molecular weight is 178 g/mol. The molecule has 0 aliphatic rings. The van der Waals surface area contributed by atoms with Crippen LogP contribution in [0.3, 0.4) is 0 Å². The Morgan fingerprint density at radius 1 is 1.45 bits per heavy atom. The van der Waals surface area contributed by atoms with E-state index in [-0.39, 0.29) is 5.25 Å². The zero-order valence-corrected chi connectivity index (χ0v) is 8.36. The van der Waals surface area contributed by atoms with Gasteiger partial charge in [0.15, 0.2) is 11.1 Å². The SMILES string of the molecule is CCCC(C)C(CC)S(=O)O. The molecular weight excluding hydrogens is 160 g/mol. The zero-order valence-electron chi connectivity index (χ0n) is 7.54. The highest BCUT2D eigenvalue weighted by Gasteiger charge is 2.19. The zero-order chi connectivity index (χ0) is 8.85. The lowest BCUT2D eigenvalue weighted by Gasteiger charge is -2.17. The van der Waals surface area contributed by atoms with Gasteiger partial charge in [-0.15, -0.1) is 0 Å². The lowest BCUT2D eigenvalue weighted by atomic mass is 10.0. The first kappa shape index (κ1) is 11.1. The quantitative estimate of drug-likeness (QED) is 0.656. The second-order valence-electron chi connectivity index (χ2n) is 2.99. The Kier molecular flexibility index (Phi) is 5.78. The number of hydrogen-bond acceptors (Lipinski definition) is 1. The van der Waals surface area contributed by atoms with Gasteiger partial charge in [-0.3, -0.25) is 0 Å². The van der Waals surface area contributed by atoms with Crippen molar-refractivity contribution in [2.45, 2.75) is 45.3 Å². The Bertz CT molecular complexity index is 125. The minimum Gasteiger partial charge on any atom is -0.306 e. The third-order valence-electron chi connectivity index (χ3n) is 2.04. The van der Waals surface area contributed by atoms with E-state index in [0.29, 0.717) is 5.92 Å². The summed E-state index contributed by atoms with van der Waals surface area (Å²) in [6.07, 6.45) is 2.93. The molecule has 0 saturated heterocycles. The molecule has 0 rings (SSSR count). The molecule has 0 aromatic heterocycles. The predicted molar refractivity (Wildman–Crippen MR) is 48.9 cm³/mol. The third kappa shape index (κ3) is 3.87. The molecule has 3 unspecified atom stereocenters. The van der Waals surface area contributed by atoms with Gasteiger partial charge in [-0.2, -0.15) is 0 Å². The molecule has 0 bridgehead atoms. The molecular formula is C8H18O2S.